The van der Waals surface area contributed by atoms with Gasteiger partial charge in [0, 0.05) is 17.9 Å². The highest BCUT2D eigenvalue weighted by Crippen LogP contribution is 2.36. The molecule has 0 saturated carbocycles. The Balaban J connectivity index is 1.89. The van der Waals surface area contributed by atoms with Gasteiger partial charge in [-0.15, -0.1) is 11.8 Å². The molecule has 1 amide bonds. The number of amidine groups is 1. The summed E-state index contributed by atoms with van der Waals surface area (Å²) in [5.74, 6) is 2.20. The third kappa shape index (κ3) is 6.85. The fraction of sp³-hybridized carbons (Fsp3) is 0.350. The number of nitrogens with zero attached hydrogens (tertiary/aromatic N) is 2. The lowest BCUT2D eigenvalue weighted by Gasteiger charge is -2.21. The van der Waals surface area contributed by atoms with Crippen molar-refractivity contribution in [3.05, 3.63) is 53.5 Å². The van der Waals surface area contributed by atoms with Crippen molar-refractivity contribution in [2.24, 2.45) is 10.7 Å². The quantitative estimate of drug-likeness (QED) is 0.192. The Morgan fingerprint density at radius 2 is 2.14 bits per heavy atom. The minimum absolute atomic E-state index is 0.164. The van der Waals surface area contributed by atoms with Gasteiger partial charge in [-0.3, -0.25) is 10.1 Å². The molecule has 0 fully saturated rings. The van der Waals surface area contributed by atoms with Crippen molar-refractivity contribution >= 4 is 40.3 Å². The van der Waals surface area contributed by atoms with E-state index in [1.807, 2.05) is 24.6 Å². The fourth-order valence-corrected chi connectivity index (χ4v) is 3.77. The average Bonchev–Trinajstić information content (AvgIpc) is 3.21. The molecule has 1 aromatic carbocycles. The number of nitrogens with one attached hydrogen (secondary N) is 2. The molecular formula is C20H25N5O2S2. The molecule has 0 unspecified atom stereocenters. The van der Waals surface area contributed by atoms with E-state index < -0.39 is 0 Å². The largest absolute Gasteiger partial charge is 0.463 e. The number of aliphatic imine (C=N–C) groups is 1. The molecule has 1 heterocycles. The minimum atomic E-state index is -0.214. The molecule has 7 nitrogen and oxygen atoms in total. The molecular weight excluding hydrogens is 406 g/mol. The van der Waals surface area contributed by atoms with E-state index >= 15 is 0 Å². The molecule has 0 atom stereocenters. The highest BCUT2D eigenvalue weighted by Gasteiger charge is 2.24. The molecule has 0 spiro atoms. The zero-order valence-electron chi connectivity index (χ0n) is 16.7. The third-order valence-electron chi connectivity index (χ3n) is 4.00. The number of hydrogen-bond acceptors (Lipinski definition) is 7. The molecule has 9 heteroatoms. The third-order valence-corrected chi connectivity index (χ3v) is 5.91. The van der Waals surface area contributed by atoms with Crippen molar-refractivity contribution in [3.8, 4) is 6.19 Å². The summed E-state index contributed by atoms with van der Waals surface area (Å²) in [5.41, 5.74) is 6.73. The van der Waals surface area contributed by atoms with Crippen LogP contribution in [0.5, 0.6) is 0 Å². The van der Waals surface area contributed by atoms with Crippen LogP contribution in [0, 0.1) is 11.5 Å². The number of rotatable bonds is 8. The van der Waals surface area contributed by atoms with Crippen LogP contribution in [0.25, 0.3) is 0 Å². The Labute approximate surface area is 179 Å². The van der Waals surface area contributed by atoms with Crippen LogP contribution in [0.2, 0.25) is 0 Å². The lowest BCUT2D eigenvalue weighted by molar-refractivity contribution is 0.0956. The van der Waals surface area contributed by atoms with Crippen molar-refractivity contribution in [2.75, 3.05) is 18.6 Å². The molecule has 4 N–H and O–H groups in total. The lowest BCUT2D eigenvalue weighted by atomic mass is 10.1. The number of hydrogen-bond donors (Lipinski definition) is 3. The van der Waals surface area contributed by atoms with E-state index in [4.69, 9.17) is 15.4 Å². The first kappa shape index (κ1) is 22.9. The molecule has 0 radical (unpaired) electrons. The summed E-state index contributed by atoms with van der Waals surface area (Å²) >= 11 is 3.02. The Morgan fingerprint density at radius 1 is 1.34 bits per heavy atom. The summed E-state index contributed by atoms with van der Waals surface area (Å²) < 4.78 is 5.53. The predicted molar refractivity (Wildman–Crippen MR) is 120 cm³/mol. The van der Waals surface area contributed by atoms with Gasteiger partial charge in [-0.2, -0.15) is 5.26 Å². The summed E-state index contributed by atoms with van der Waals surface area (Å²) in [5, 5.41) is 14.6. The van der Waals surface area contributed by atoms with E-state index in [9.17, 15) is 4.79 Å². The summed E-state index contributed by atoms with van der Waals surface area (Å²) in [6.45, 7) is 5.07. The number of furan rings is 1. The monoisotopic (exact) mass is 431 g/mol. The van der Waals surface area contributed by atoms with Crippen LogP contribution in [0.4, 0.5) is 5.69 Å². The maximum absolute atomic E-state index is 12.4. The highest BCUT2D eigenvalue weighted by atomic mass is 32.2. The van der Waals surface area contributed by atoms with Gasteiger partial charge in [0.2, 0.25) is 0 Å². The Morgan fingerprint density at radius 3 is 2.79 bits per heavy atom. The van der Waals surface area contributed by atoms with Gasteiger partial charge in [-0.1, -0.05) is 17.8 Å². The molecule has 0 aliphatic carbocycles. The van der Waals surface area contributed by atoms with Crippen molar-refractivity contribution in [1.29, 1.82) is 5.26 Å². The molecule has 0 aliphatic rings. The van der Waals surface area contributed by atoms with Gasteiger partial charge in [-0.25, -0.2) is 4.99 Å². The van der Waals surface area contributed by atoms with Crippen LogP contribution >= 0.6 is 23.5 Å². The summed E-state index contributed by atoms with van der Waals surface area (Å²) in [6, 6.07) is 10.8. The van der Waals surface area contributed by atoms with Gasteiger partial charge in [-0.05, 0) is 50.4 Å². The molecule has 2 aromatic rings. The van der Waals surface area contributed by atoms with Gasteiger partial charge >= 0.3 is 0 Å². The Bertz CT molecular complexity index is 902. The maximum atomic E-state index is 12.4. The molecule has 1 aromatic heterocycles. The Hall–Kier alpha value is -2.41. The van der Waals surface area contributed by atoms with Crippen molar-refractivity contribution in [3.63, 3.8) is 0 Å². The van der Waals surface area contributed by atoms with Gasteiger partial charge in [0.15, 0.2) is 11.4 Å². The first-order valence-corrected chi connectivity index (χ1v) is 11.2. The molecule has 0 saturated heterocycles. The predicted octanol–water partition coefficient (Wildman–Crippen LogP) is 3.56. The first-order valence-electron chi connectivity index (χ1n) is 8.99. The SMILES string of the molecule is CSC(=Nc1cccc(C(=O)NCCSC(C)(C)c2ccc(CN)o2)c1)NC#N. The number of amides is 1. The van der Waals surface area contributed by atoms with Crippen LogP contribution in [-0.2, 0) is 11.3 Å². The van der Waals surface area contributed by atoms with Crippen LogP contribution in [0.1, 0.15) is 35.7 Å². The zero-order valence-corrected chi connectivity index (χ0v) is 18.3. The topological polar surface area (TPSA) is 116 Å². The lowest BCUT2D eigenvalue weighted by Crippen LogP contribution is -2.27. The van der Waals surface area contributed by atoms with E-state index in [2.05, 4.69) is 29.5 Å². The number of carbonyl (C=O) groups is 1. The zero-order chi connectivity index (χ0) is 21.3. The standard InChI is InChI=1S/C20H25N5O2S2/c1-20(2,17-8-7-16(12-21)27-17)29-10-9-23-18(26)14-5-4-6-15(11-14)25-19(28-3)24-13-22/h4-8,11H,9-10,12,21H2,1-3H3,(H,23,26)(H,24,25). The number of carbonyl (C=O) groups excluding carboxylic acids is 1. The second-order valence-corrected chi connectivity index (χ2v) is 9.01. The van der Waals surface area contributed by atoms with Crippen molar-refractivity contribution in [2.45, 2.75) is 25.1 Å². The minimum Gasteiger partial charge on any atom is -0.463 e. The number of benzene rings is 1. The van der Waals surface area contributed by atoms with Gasteiger partial charge < -0.3 is 15.5 Å². The van der Waals surface area contributed by atoms with Gasteiger partial charge in [0.05, 0.1) is 17.0 Å². The van der Waals surface area contributed by atoms with E-state index in [0.717, 1.165) is 17.3 Å². The van der Waals surface area contributed by atoms with Crippen LogP contribution in [0.15, 0.2) is 45.8 Å². The van der Waals surface area contributed by atoms with E-state index in [1.165, 1.54) is 11.8 Å². The maximum Gasteiger partial charge on any atom is 0.251 e. The second-order valence-electron chi connectivity index (χ2n) is 6.49. The summed E-state index contributed by atoms with van der Waals surface area (Å²) in [4.78, 5) is 16.8. The fourth-order valence-electron chi connectivity index (χ4n) is 2.46. The first-order chi connectivity index (χ1) is 13.9. The molecule has 0 bridgehead atoms. The van der Waals surface area contributed by atoms with Crippen LogP contribution in [0.3, 0.4) is 0 Å². The molecule has 29 heavy (non-hydrogen) atoms. The van der Waals surface area contributed by atoms with Crippen LogP contribution in [-0.4, -0.2) is 29.6 Å². The highest BCUT2D eigenvalue weighted by molar-refractivity contribution is 8.13. The number of nitrogens with two attached hydrogens (primary N) is 1. The van der Waals surface area contributed by atoms with Gasteiger partial charge in [0.1, 0.15) is 11.5 Å². The number of thioether (sulfide) groups is 2. The Kier molecular flexibility index (Phi) is 8.64. The van der Waals surface area contributed by atoms with Gasteiger partial charge in [0.25, 0.3) is 5.91 Å². The second kappa shape index (κ2) is 11.0. The van der Waals surface area contributed by atoms with Crippen molar-refractivity contribution in [1.82, 2.24) is 10.6 Å². The average molecular weight is 432 g/mol. The van der Waals surface area contributed by atoms with E-state index in [-0.39, 0.29) is 10.7 Å². The van der Waals surface area contributed by atoms with Crippen molar-refractivity contribution < 1.29 is 9.21 Å². The summed E-state index contributed by atoms with van der Waals surface area (Å²) in [7, 11) is 0. The van der Waals surface area contributed by atoms with Crippen LogP contribution < -0.4 is 16.4 Å². The smallest absolute Gasteiger partial charge is 0.251 e. The molecule has 2 rings (SSSR count). The van der Waals surface area contributed by atoms with E-state index in [0.29, 0.717) is 29.5 Å². The van der Waals surface area contributed by atoms with E-state index in [1.54, 1.807) is 36.0 Å². The normalized spacial score (nSPS) is 11.8. The number of nitriles is 1. The molecule has 154 valence electrons. The molecule has 0 aliphatic heterocycles. The summed E-state index contributed by atoms with van der Waals surface area (Å²) in [6.07, 6.45) is 3.66.